The molecule has 2 aliphatic carbocycles. The van der Waals surface area contributed by atoms with Crippen LogP contribution in [0.1, 0.15) is 45.4 Å². The van der Waals surface area contributed by atoms with Gasteiger partial charge in [-0.05, 0) is 19.3 Å². The monoisotopic (exact) mass is 238 g/mol. The van der Waals surface area contributed by atoms with E-state index in [1.54, 1.807) is 0 Å². The van der Waals surface area contributed by atoms with E-state index in [4.69, 9.17) is 9.47 Å². The van der Waals surface area contributed by atoms with E-state index in [0.717, 1.165) is 12.8 Å². The Hall–Kier alpha value is -0.380. The van der Waals surface area contributed by atoms with Gasteiger partial charge in [0.25, 0.3) is 0 Å². The van der Waals surface area contributed by atoms with E-state index in [2.05, 4.69) is 13.5 Å². The Morgan fingerprint density at radius 1 is 1.24 bits per heavy atom. The van der Waals surface area contributed by atoms with Gasteiger partial charge in [-0.3, -0.25) is 0 Å². The van der Waals surface area contributed by atoms with Crippen LogP contribution in [0.3, 0.4) is 0 Å². The van der Waals surface area contributed by atoms with Gasteiger partial charge in [-0.25, -0.2) is 0 Å². The van der Waals surface area contributed by atoms with Gasteiger partial charge in [0.15, 0.2) is 5.79 Å². The molecule has 0 aromatic rings. The zero-order valence-corrected chi connectivity index (χ0v) is 10.5. The number of fused-ring (bicyclic) bond motifs is 1. The number of hydrogen-bond acceptors (Lipinski definition) is 3. The first kappa shape index (κ1) is 11.7. The van der Waals surface area contributed by atoms with Crippen molar-refractivity contribution in [3.05, 3.63) is 12.7 Å². The zero-order valence-electron chi connectivity index (χ0n) is 10.5. The van der Waals surface area contributed by atoms with Crippen molar-refractivity contribution in [3.8, 4) is 0 Å². The summed E-state index contributed by atoms with van der Waals surface area (Å²) in [5.41, 5.74) is -0.148. The van der Waals surface area contributed by atoms with Crippen molar-refractivity contribution in [1.82, 2.24) is 0 Å². The van der Waals surface area contributed by atoms with Gasteiger partial charge in [0, 0.05) is 18.3 Å². The van der Waals surface area contributed by atoms with Crippen LogP contribution in [0.25, 0.3) is 0 Å². The predicted molar refractivity (Wildman–Crippen MR) is 64.5 cm³/mol. The quantitative estimate of drug-likeness (QED) is 0.713. The van der Waals surface area contributed by atoms with Crippen LogP contribution in [0.2, 0.25) is 0 Å². The Labute approximate surface area is 103 Å². The molecule has 0 unspecified atom stereocenters. The molecule has 3 nitrogen and oxygen atoms in total. The maximum absolute atomic E-state index is 10.1. The third kappa shape index (κ3) is 1.67. The Morgan fingerprint density at radius 3 is 2.59 bits per heavy atom. The van der Waals surface area contributed by atoms with Crippen LogP contribution in [-0.2, 0) is 9.47 Å². The van der Waals surface area contributed by atoms with E-state index in [0.29, 0.717) is 6.42 Å². The number of hydrogen-bond donors (Lipinski definition) is 1. The first-order valence-electron chi connectivity index (χ1n) is 6.76. The van der Waals surface area contributed by atoms with E-state index in [1.165, 1.54) is 19.3 Å². The summed E-state index contributed by atoms with van der Waals surface area (Å²) in [6, 6.07) is 0. The fourth-order valence-corrected chi connectivity index (χ4v) is 3.63. The summed E-state index contributed by atoms with van der Waals surface area (Å²) in [6.07, 6.45) is 7.58. The molecule has 1 aliphatic heterocycles. The third-order valence-electron chi connectivity index (χ3n) is 4.75. The van der Waals surface area contributed by atoms with E-state index in [-0.39, 0.29) is 17.6 Å². The lowest BCUT2D eigenvalue weighted by atomic mass is 9.86. The van der Waals surface area contributed by atoms with Crippen LogP contribution in [0.5, 0.6) is 0 Å². The molecule has 17 heavy (non-hydrogen) atoms. The summed E-state index contributed by atoms with van der Waals surface area (Å²) in [7, 11) is 0. The summed E-state index contributed by atoms with van der Waals surface area (Å²) in [5.74, 6) is -0.404. The number of ether oxygens (including phenoxy) is 2. The second-order valence-corrected chi connectivity index (χ2v) is 6.07. The second kappa shape index (κ2) is 3.81. The van der Waals surface area contributed by atoms with Gasteiger partial charge in [0.1, 0.15) is 6.10 Å². The number of rotatable bonds is 1. The maximum Gasteiger partial charge on any atom is 0.169 e. The molecule has 3 fully saturated rings. The normalized spacial score (nSPS) is 48.2. The van der Waals surface area contributed by atoms with Crippen molar-refractivity contribution < 1.29 is 14.6 Å². The molecule has 96 valence electrons. The summed E-state index contributed by atoms with van der Waals surface area (Å²) in [4.78, 5) is 0. The largest absolute Gasteiger partial charge is 0.390 e. The molecule has 1 N–H and O–H groups in total. The van der Waals surface area contributed by atoms with Crippen molar-refractivity contribution in [2.24, 2.45) is 5.41 Å². The van der Waals surface area contributed by atoms with Gasteiger partial charge >= 0.3 is 0 Å². The van der Waals surface area contributed by atoms with Crippen LogP contribution in [0.4, 0.5) is 0 Å². The molecular weight excluding hydrogens is 216 g/mol. The highest BCUT2D eigenvalue weighted by Crippen LogP contribution is 2.52. The summed E-state index contributed by atoms with van der Waals surface area (Å²) >= 11 is 0. The van der Waals surface area contributed by atoms with Gasteiger partial charge in [0.2, 0.25) is 0 Å². The van der Waals surface area contributed by atoms with Gasteiger partial charge in [-0.1, -0.05) is 19.4 Å². The van der Waals surface area contributed by atoms with Crippen molar-refractivity contribution in [3.63, 3.8) is 0 Å². The minimum atomic E-state index is -0.413. The van der Waals surface area contributed by atoms with Crippen LogP contribution in [0.15, 0.2) is 12.7 Å². The van der Waals surface area contributed by atoms with Gasteiger partial charge < -0.3 is 14.6 Å². The predicted octanol–water partition coefficient (Wildman–Crippen LogP) is 2.39. The Morgan fingerprint density at radius 2 is 1.94 bits per heavy atom. The summed E-state index contributed by atoms with van der Waals surface area (Å²) in [6.45, 7) is 6.01. The van der Waals surface area contributed by atoms with Crippen LogP contribution in [0, 0.1) is 5.41 Å². The second-order valence-electron chi connectivity index (χ2n) is 6.07. The zero-order chi connectivity index (χ0) is 12.1. The van der Waals surface area contributed by atoms with Gasteiger partial charge in [-0.2, -0.15) is 0 Å². The Balaban J connectivity index is 1.84. The lowest BCUT2D eigenvalue weighted by Gasteiger charge is -2.35. The minimum absolute atomic E-state index is 0.0203. The Bertz CT molecular complexity index is 321. The SMILES string of the molecule is C=C[C@@]1(C)C[C@H](O)[C@@H]2OC3(CCCCC3)O[C@@H]21. The van der Waals surface area contributed by atoms with Gasteiger partial charge in [0.05, 0.1) is 12.2 Å². The van der Waals surface area contributed by atoms with Crippen molar-refractivity contribution in [1.29, 1.82) is 0 Å². The maximum atomic E-state index is 10.1. The lowest BCUT2D eigenvalue weighted by molar-refractivity contribution is -0.212. The molecule has 1 saturated heterocycles. The molecule has 3 aliphatic rings. The fourth-order valence-electron chi connectivity index (χ4n) is 3.63. The molecule has 0 aromatic heterocycles. The van der Waals surface area contributed by atoms with Crippen molar-refractivity contribution in [2.75, 3.05) is 0 Å². The highest BCUT2D eigenvalue weighted by molar-refractivity contribution is 5.12. The van der Waals surface area contributed by atoms with Gasteiger partial charge in [-0.15, -0.1) is 6.58 Å². The topological polar surface area (TPSA) is 38.7 Å². The number of aliphatic hydroxyl groups is 1. The summed E-state index contributed by atoms with van der Waals surface area (Å²) in [5, 5.41) is 10.1. The first-order chi connectivity index (χ1) is 8.09. The van der Waals surface area contributed by atoms with Crippen molar-refractivity contribution >= 4 is 0 Å². The first-order valence-corrected chi connectivity index (χ1v) is 6.76. The van der Waals surface area contributed by atoms with E-state index in [1.807, 2.05) is 6.08 Å². The highest BCUT2D eigenvalue weighted by Gasteiger charge is 2.60. The standard InChI is InChI=1S/C14H22O3/c1-3-13(2)9-10(15)11-12(13)17-14(16-11)7-5-4-6-8-14/h3,10-12,15H,1,4-9H2,2H3/t10-,11-,12-,13-/m0/s1. The fraction of sp³-hybridized carbons (Fsp3) is 0.857. The molecule has 0 bridgehead atoms. The minimum Gasteiger partial charge on any atom is -0.390 e. The molecule has 2 saturated carbocycles. The van der Waals surface area contributed by atoms with E-state index >= 15 is 0 Å². The molecule has 0 aromatic carbocycles. The molecule has 3 rings (SSSR count). The highest BCUT2D eigenvalue weighted by atomic mass is 16.8. The lowest BCUT2D eigenvalue weighted by Crippen LogP contribution is -2.37. The summed E-state index contributed by atoms with van der Waals surface area (Å²) < 4.78 is 12.3. The molecule has 0 amide bonds. The average molecular weight is 238 g/mol. The molecule has 0 radical (unpaired) electrons. The molecule has 4 atom stereocenters. The molecule has 1 spiro atoms. The van der Waals surface area contributed by atoms with E-state index < -0.39 is 11.9 Å². The van der Waals surface area contributed by atoms with Crippen LogP contribution in [-0.4, -0.2) is 29.2 Å². The van der Waals surface area contributed by atoms with E-state index in [9.17, 15) is 5.11 Å². The smallest absolute Gasteiger partial charge is 0.169 e. The average Bonchev–Trinajstić information content (AvgIpc) is 2.79. The third-order valence-corrected chi connectivity index (χ3v) is 4.75. The number of aliphatic hydroxyl groups excluding tert-OH is 1. The Kier molecular flexibility index (Phi) is 2.62. The van der Waals surface area contributed by atoms with Crippen LogP contribution < -0.4 is 0 Å². The molecule has 1 heterocycles. The molecule has 3 heteroatoms. The van der Waals surface area contributed by atoms with Crippen molar-refractivity contribution in [2.45, 2.75) is 69.5 Å². The van der Waals surface area contributed by atoms with Crippen LogP contribution >= 0.6 is 0 Å². The molecular formula is C14H22O3.